The SMILES string of the molecule is COc1ccc(C#CCCO)c(CN2CCC(O)C2)c1. The van der Waals surface area contributed by atoms with Crippen molar-refractivity contribution in [2.24, 2.45) is 0 Å². The van der Waals surface area contributed by atoms with Crippen molar-refractivity contribution in [3.8, 4) is 17.6 Å². The first-order chi connectivity index (χ1) is 9.72. The van der Waals surface area contributed by atoms with E-state index in [-0.39, 0.29) is 12.7 Å². The van der Waals surface area contributed by atoms with Crippen molar-refractivity contribution in [1.82, 2.24) is 4.90 Å². The van der Waals surface area contributed by atoms with Gasteiger partial charge in [-0.25, -0.2) is 0 Å². The largest absolute Gasteiger partial charge is 0.497 e. The highest BCUT2D eigenvalue weighted by molar-refractivity contribution is 5.45. The minimum absolute atomic E-state index is 0.0802. The van der Waals surface area contributed by atoms with Crippen molar-refractivity contribution in [2.45, 2.75) is 25.5 Å². The second kappa shape index (κ2) is 7.30. The van der Waals surface area contributed by atoms with Gasteiger partial charge in [-0.3, -0.25) is 4.90 Å². The van der Waals surface area contributed by atoms with Crippen LogP contribution in [0.2, 0.25) is 0 Å². The molecule has 0 amide bonds. The molecule has 0 aromatic heterocycles. The Morgan fingerprint density at radius 3 is 2.95 bits per heavy atom. The van der Waals surface area contributed by atoms with E-state index in [1.807, 2.05) is 18.2 Å². The maximum absolute atomic E-state index is 9.60. The molecule has 20 heavy (non-hydrogen) atoms. The molecule has 1 aliphatic rings. The zero-order chi connectivity index (χ0) is 14.4. The van der Waals surface area contributed by atoms with Crippen LogP contribution in [0.25, 0.3) is 0 Å². The lowest BCUT2D eigenvalue weighted by Gasteiger charge is -2.16. The van der Waals surface area contributed by atoms with Gasteiger partial charge in [0.1, 0.15) is 5.75 Å². The quantitative estimate of drug-likeness (QED) is 0.805. The van der Waals surface area contributed by atoms with E-state index in [0.717, 1.165) is 36.4 Å². The number of β-amino-alcohol motifs (C(OH)–C–C–N with tert-alkyl or cyclic N) is 1. The molecular weight excluding hydrogens is 254 g/mol. The summed E-state index contributed by atoms with van der Waals surface area (Å²) in [5.74, 6) is 6.86. The van der Waals surface area contributed by atoms with Crippen LogP contribution in [0.15, 0.2) is 18.2 Å². The normalized spacial score (nSPS) is 18.6. The van der Waals surface area contributed by atoms with Gasteiger partial charge in [-0.05, 0) is 30.2 Å². The summed E-state index contributed by atoms with van der Waals surface area (Å²) in [5.41, 5.74) is 2.06. The summed E-state index contributed by atoms with van der Waals surface area (Å²) in [4.78, 5) is 2.22. The summed E-state index contributed by atoms with van der Waals surface area (Å²) >= 11 is 0. The Morgan fingerprint density at radius 2 is 2.30 bits per heavy atom. The van der Waals surface area contributed by atoms with Crippen LogP contribution in [0.4, 0.5) is 0 Å². The smallest absolute Gasteiger partial charge is 0.119 e. The van der Waals surface area contributed by atoms with Crippen molar-refractivity contribution < 1.29 is 14.9 Å². The van der Waals surface area contributed by atoms with Crippen molar-refractivity contribution in [3.05, 3.63) is 29.3 Å². The number of methoxy groups -OCH3 is 1. The summed E-state index contributed by atoms with van der Waals surface area (Å²) < 4.78 is 5.26. The number of rotatable bonds is 4. The van der Waals surface area contributed by atoms with Crippen LogP contribution < -0.4 is 4.74 Å². The Hall–Kier alpha value is -1.54. The number of aliphatic hydroxyl groups is 2. The van der Waals surface area contributed by atoms with Crippen LogP contribution in [-0.4, -0.2) is 48.0 Å². The number of nitrogens with zero attached hydrogens (tertiary/aromatic N) is 1. The fourth-order valence-corrected chi connectivity index (χ4v) is 2.36. The third-order valence-corrected chi connectivity index (χ3v) is 3.41. The Bertz CT molecular complexity index is 504. The highest BCUT2D eigenvalue weighted by Gasteiger charge is 2.20. The van der Waals surface area contributed by atoms with E-state index in [1.54, 1.807) is 7.11 Å². The van der Waals surface area contributed by atoms with Crippen molar-refractivity contribution in [2.75, 3.05) is 26.8 Å². The van der Waals surface area contributed by atoms with Crippen molar-refractivity contribution in [1.29, 1.82) is 0 Å². The van der Waals surface area contributed by atoms with E-state index in [9.17, 15) is 5.11 Å². The topological polar surface area (TPSA) is 52.9 Å². The third-order valence-electron chi connectivity index (χ3n) is 3.41. The maximum Gasteiger partial charge on any atom is 0.119 e. The molecule has 0 bridgehead atoms. The Balaban J connectivity index is 2.17. The predicted molar refractivity (Wildman–Crippen MR) is 77.5 cm³/mol. The number of benzene rings is 1. The second-order valence-corrected chi connectivity index (χ2v) is 4.98. The number of hydrogen-bond donors (Lipinski definition) is 2. The molecule has 2 N–H and O–H groups in total. The summed E-state index contributed by atoms with van der Waals surface area (Å²) in [5, 5.41) is 18.4. The van der Waals surface area contributed by atoms with Gasteiger partial charge in [-0.1, -0.05) is 11.8 Å². The van der Waals surface area contributed by atoms with Crippen LogP contribution in [0.3, 0.4) is 0 Å². The summed E-state index contributed by atoms with van der Waals surface area (Å²) in [7, 11) is 1.65. The first kappa shape index (κ1) is 14.9. The highest BCUT2D eigenvalue weighted by atomic mass is 16.5. The zero-order valence-electron chi connectivity index (χ0n) is 11.8. The Labute approximate surface area is 120 Å². The minimum atomic E-state index is -0.218. The van der Waals surface area contributed by atoms with Crippen LogP contribution in [-0.2, 0) is 6.54 Å². The summed E-state index contributed by atoms with van der Waals surface area (Å²) in [6.45, 7) is 2.46. The molecule has 0 radical (unpaired) electrons. The van der Waals surface area contributed by atoms with Gasteiger partial charge in [0.2, 0.25) is 0 Å². The number of hydrogen-bond acceptors (Lipinski definition) is 4. The van der Waals surface area contributed by atoms with Gasteiger partial charge < -0.3 is 14.9 Å². The number of aliphatic hydroxyl groups excluding tert-OH is 2. The van der Waals surface area contributed by atoms with E-state index in [4.69, 9.17) is 9.84 Å². The predicted octanol–water partition coefficient (Wildman–Crippen LogP) is 0.996. The minimum Gasteiger partial charge on any atom is -0.497 e. The first-order valence-electron chi connectivity index (χ1n) is 6.90. The van der Waals surface area contributed by atoms with Gasteiger partial charge in [0.25, 0.3) is 0 Å². The van der Waals surface area contributed by atoms with E-state index >= 15 is 0 Å². The van der Waals surface area contributed by atoms with Gasteiger partial charge in [0.05, 0.1) is 19.8 Å². The number of likely N-dealkylation sites (tertiary alicyclic amines) is 1. The van der Waals surface area contributed by atoms with Crippen LogP contribution in [0.1, 0.15) is 24.0 Å². The Morgan fingerprint density at radius 1 is 1.45 bits per heavy atom. The van der Waals surface area contributed by atoms with Crippen molar-refractivity contribution >= 4 is 0 Å². The fourth-order valence-electron chi connectivity index (χ4n) is 2.36. The monoisotopic (exact) mass is 275 g/mol. The lowest BCUT2D eigenvalue weighted by Crippen LogP contribution is -2.22. The molecule has 1 fully saturated rings. The van der Waals surface area contributed by atoms with Gasteiger partial charge in [0.15, 0.2) is 0 Å². The molecule has 1 aromatic carbocycles. The van der Waals surface area contributed by atoms with Gasteiger partial charge in [0, 0.05) is 31.6 Å². The zero-order valence-corrected chi connectivity index (χ0v) is 11.8. The molecule has 4 heteroatoms. The first-order valence-corrected chi connectivity index (χ1v) is 6.90. The second-order valence-electron chi connectivity index (χ2n) is 4.98. The van der Waals surface area contributed by atoms with E-state index in [2.05, 4.69) is 16.7 Å². The van der Waals surface area contributed by atoms with E-state index < -0.39 is 0 Å². The van der Waals surface area contributed by atoms with Crippen molar-refractivity contribution in [3.63, 3.8) is 0 Å². The maximum atomic E-state index is 9.60. The van der Waals surface area contributed by atoms with Crippen LogP contribution >= 0.6 is 0 Å². The molecule has 0 aliphatic carbocycles. The summed E-state index contributed by atoms with van der Waals surface area (Å²) in [6, 6.07) is 5.84. The molecule has 0 saturated carbocycles. The average molecular weight is 275 g/mol. The van der Waals surface area contributed by atoms with E-state index in [1.165, 1.54) is 0 Å². The fraction of sp³-hybridized carbons (Fsp3) is 0.500. The molecule has 1 unspecified atom stereocenters. The summed E-state index contributed by atoms with van der Waals surface area (Å²) in [6.07, 6.45) is 1.09. The van der Waals surface area contributed by atoms with E-state index in [0.29, 0.717) is 13.0 Å². The van der Waals surface area contributed by atoms with Gasteiger partial charge in [-0.15, -0.1) is 0 Å². The standard InChI is InChI=1S/C16H21NO3/c1-20-16-6-5-13(4-2-3-9-18)14(10-16)11-17-8-7-15(19)12-17/h5-6,10,15,18-19H,3,7-9,11-12H2,1H3. The molecular formula is C16H21NO3. The average Bonchev–Trinajstić information content (AvgIpc) is 2.86. The lowest BCUT2D eigenvalue weighted by atomic mass is 10.1. The number of ether oxygens (including phenoxy) is 1. The molecule has 108 valence electrons. The molecule has 4 nitrogen and oxygen atoms in total. The molecule has 1 saturated heterocycles. The highest BCUT2D eigenvalue weighted by Crippen LogP contribution is 2.21. The van der Waals surface area contributed by atoms with Crippen LogP contribution in [0.5, 0.6) is 5.75 Å². The van der Waals surface area contributed by atoms with Gasteiger partial charge in [-0.2, -0.15) is 0 Å². The molecule has 1 heterocycles. The molecule has 1 atom stereocenters. The van der Waals surface area contributed by atoms with Gasteiger partial charge >= 0.3 is 0 Å². The molecule has 2 rings (SSSR count). The molecule has 1 aliphatic heterocycles. The third kappa shape index (κ3) is 3.97. The Kier molecular flexibility index (Phi) is 5.42. The molecule has 0 spiro atoms. The molecule has 1 aromatic rings. The van der Waals surface area contributed by atoms with Crippen LogP contribution in [0, 0.1) is 11.8 Å². The lowest BCUT2D eigenvalue weighted by molar-refractivity contribution is 0.174.